The van der Waals surface area contributed by atoms with Crippen molar-refractivity contribution in [3.05, 3.63) is 18.3 Å². The number of imidazole rings is 1. The molecule has 0 aliphatic carbocycles. The number of nitrogens with one attached hydrogen (secondary N) is 1. The van der Waals surface area contributed by atoms with E-state index in [-0.39, 0.29) is 0 Å². The Morgan fingerprint density at radius 3 is 3.18 bits per heavy atom. The van der Waals surface area contributed by atoms with E-state index in [1.54, 1.807) is 6.20 Å². The Hall–Kier alpha value is -1.69. The van der Waals surface area contributed by atoms with Crippen LogP contribution in [-0.4, -0.2) is 32.8 Å². The standard InChI is InChI=1S/C11H15N5O/c1-16-6-5-13-10(16)9-14-11(17-15-9)8-3-2-4-12-7-8/h5-6,8,12H,2-4,7H2,1H3. The van der Waals surface area contributed by atoms with Crippen molar-refractivity contribution in [2.75, 3.05) is 13.1 Å². The zero-order valence-corrected chi connectivity index (χ0v) is 9.76. The fourth-order valence-electron chi connectivity index (χ4n) is 2.14. The lowest BCUT2D eigenvalue weighted by Gasteiger charge is -2.18. The van der Waals surface area contributed by atoms with Crippen LogP contribution < -0.4 is 5.32 Å². The molecule has 3 heterocycles. The van der Waals surface area contributed by atoms with Crippen molar-refractivity contribution in [2.45, 2.75) is 18.8 Å². The van der Waals surface area contributed by atoms with E-state index in [1.807, 2.05) is 17.8 Å². The predicted octanol–water partition coefficient (Wildman–Crippen LogP) is 0.937. The molecule has 0 saturated carbocycles. The highest BCUT2D eigenvalue weighted by molar-refractivity contribution is 5.42. The largest absolute Gasteiger partial charge is 0.339 e. The van der Waals surface area contributed by atoms with Gasteiger partial charge in [-0.25, -0.2) is 4.98 Å². The van der Waals surface area contributed by atoms with Crippen LogP contribution in [-0.2, 0) is 7.05 Å². The van der Waals surface area contributed by atoms with Gasteiger partial charge in [0.1, 0.15) is 0 Å². The Labute approximate surface area is 99.0 Å². The van der Waals surface area contributed by atoms with Gasteiger partial charge in [0.15, 0.2) is 5.82 Å². The molecule has 0 bridgehead atoms. The summed E-state index contributed by atoms with van der Waals surface area (Å²) < 4.78 is 7.21. The lowest BCUT2D eigenvalue weighted by Crippen LogP contribution is -2.28. The zero-order valence-electron chi connectivity index (χ0n) is 9.76. The third-order valence-corrected chi connectivity index (χ3v) is 3.11. The van der Waals surface area contributed by atoms with Crippen molar-refractivity contribution in [3.63, 3.8) is 0 Å². The third-order valence-electron chi connectivity index (χ3n) is 3.11. The van der Waals surface area contributed by atoms with Gasteiger partial charge in [0.25, 0.3) is 0 Å². The summed E-state index contributed by atoms with van der Waals surface area (Å²) in [6.45, 7) is 2.00. The Balaban J connectivity index is 1.85. The number of nitrogens with zero attached hydrogens (tertiary/aromatic N) is 4. The first-order valence-corrected chi connectivity index (χ1v) is 5.86. The minimum Gasteiger partial charge on any atom is -0.339 e. The fraction of sp³-hybridized carbons (Fsp3) is 0.545. The van der Waals surface area contributed by atoms with E-state index in [4.69, 9.17) is 4.52 Å². The van der Waals surface area contributed by atoms with Gasteiger partial charge in [-0.15, -0.1) is 0 Å². The molecular formula is C11H15N5O. The smallest absolute Gasteiger partial charge is 0.238 e. The highest BCUT2D eigenvalue weighted by Gasteiger charge is 2.22. The van der Waals surface area contributed by atoms with Crippen LogP contribution in [0.25, 0.3) is 11.6 Å². The van der Waals surface area contributed by atoms with Gasteiger partial charge in [-0.3, -0.25) is 0 Å². The molecule has 1 saturated heterocycles. The van der Waals surface area contributed by atoms with Crippen LogP contribution >= 0.6 is 0 Å². The number of aromatic nitrogens is 4. The van der Waals surface area contributed by atoms with Gasteiger partial charge in [-0.2, -0.15) is 4.98 Å². The summed E-state index contributed by atoms with van der Waals surface area (Å²) in [6, 6.07) is 0. The first-order valence-electron chi connectivity index (χ1n) is 5.86. The van der Waals surface area contributed by atoms with E-state index in [9.17, 15) is 0 Å². The number of piperidine rings is 1. The molecule has 6 nitrogen and oxygen atoms in total. The molecule has 1 atom stereocenters. The normalized spacial score (nSPS) is 20.6. The summed E-state index contributed by atoms with van der Waals surface area (Å²) in [7, 11) is 1.92. The minimum atomic E-state index is 0.338. The predicted molar refractivity (Wildman–Crippen MR) is 61.3 cm³/mol. The van der Waals surface area contributed by atoms with E-state index >= 15 is 0 Å². The van der Waals surface area contributed by atoms with Crippen LogP contribution in [0.2, 0.25) is 0 Å². The summed E-state index contributed by atoms with van der Waals surface area (Å²) in [5, 5.41) is 7.34. The molecule has 0 radical (unpaired) electrons. The Bertz CT molecular complexity index is 497. The van der Waals surface area contributed by atoms with Gasteiger partial charge in [0.2, 0.25) is 11.7 Å². The van der Waals surface area contributed by atoms with Gasteiger partial charge < -0.3 is 14.4 Å². The van der Waals surface area contributed by atoms with Crippen molar-refractivity contribution in [1.82, 2.24) is 25.0 Å². The molecule has 0 spiro atoms. The molecule has 0 aromatic carbocycles. The number of hydrogen-bond donors (Lipinski definition) is 1. The van der Waals surface area contributed by atoms with Crippen molar-refractivity contribution in [3.8, 4) is 11.6 Å². The van der Waals surface area contributed by atoms with Gasteiger partial charge in [-0.05, 0) is 19.4 Å². The van der Waals surface area contributed by atoms with Crippen LogP contribution in [0.1, 0.15) is 24.7 Å². The van der Waals surface area contributed by atoms with E-state index in [0.717, 1.165) is 37.6 Å². The van der Waals surface area contributed by atoms with Crippen molar-refractivity contribution >= 4 is 0 Å². The average molecular weight is 233 g/mol. The maximum atomic E-state index is 5.33. The molecule has 0 amide bonds. The molecule has 1 fully saturated rings. The first-order chi connectivity index (χ1) is 8.34. The molecule has 1 aliphatic rings. The second-order valence-corrected chi connectivity index (χ2v) is 4.36. The fourth-order valence-corrected chi connectivity index (χ4v) is 2.14. The quantitative estimate of drug-likeness (QED) is 0.836. The molecule has 3 rings (SSSR count). The van der Waals surface area contributed by atoms with Gasteiger partial charge >= 0.3 is 0 Å². The molecule has 2 aromatic heterocycles. The molecule has 17 heavy (non-hydrogen) atoms. The maximum Gasteiger partial charge on any atom is 0.238 e. The molecular weight excluding hydrogens is 218 g/mol. The minimum absolute atomic E-state index is 0.338. The van der Waals surface area contributed by atoms with E-state index in [1.165, 1.54) is 0 Å². The maximum absolute atomic E-state index is 5.33. The highest BCUT2D eigenvalue weighted by atomic mass is 16.5. The molecule has 1 aliphatic heterocycles. The van der Waals surface area contributed by atoms with Gasteiger partial charge in [0.05, 0.1) is 5.92 Å². The summed E-state index contributed by atoms with van der Waals surface area (Å²) in [4.78, 5) is 8.64. The van der Waals surface area contributed by atoms with Crippen molar-refractivity contribution in [2.24, 2.45) is 7.05 Å². The second kappa shape index (κ2) is 4.29. The van der Waals surface area contributed by atoms with E-state index in [2.05, 4.69) is 20.4 Å². The Morgan fingerprint density at radius 2 is 2.47 bits per heavy atom. The molecule has 1 unspecified atom stereocenters. The molecule has 6 heteroatoms. The lowest BCUT2D eigenvalue weighted by molar-refractivity contribution is 0.322. The van der Waals surface area contributed by atoms with Crippen molar-refractivity contribution in [1.29, 1.82) is 0 Å². The Kier molecular flexibility index (Phi) is 2.64. The Morgan fingerprint density at radius 1 is 1.53 bits per heavy atom. The summed E-state index contributed by atoms with van der Waals surface area (Å²) in [5.74, 6) is 2.36. The van der Waals surface area contributed by atoms with Crippen molar-refractivity contribution < 1.29 is 4.52 Å². The molecule has 90 valence electrons. The number of hydrogen-bond acceptors (Lipinski definition) is 5. The van der Waals surface area contributed by atoms with Crippen LogP contribution in [0.5, 0.6) is 0 Å². The summed E-state index contributed by atoms with van der Waals surface area (Å²) in [6.07, 6.45) is 5.86. The first kappa shape index (κ1) is 10.5. The zero-order chi connectivity index (χ0) is 11.7. The SMILES string of the molecule is Cn1ccnc1-c1noc(C2CCCNC2)n1. The van der Waals surface area contributed by atoms with Gasteiger partial charge in [0, 0.05) is 26.0 Å². The average Bonchev–Trinajstić information content (AvgIpc) is 2.98. The van der Waals surface area contributed by atoms with Crippen LogP contribution in [0.4, 0.5) is 0 Å². The molecule has 2 aromatic rings. The van der Waals surface area contributed by atoms with Crippen LogP contribution in [0.15, 0.2) is 16.9 Å². The van der Waals surface area contributed by atoms with Gasteiger partial charge in [-0.1, -0.05) is 5.16 Å². The van der Waals surface area contributed by atoms with E-state index in [0.29, 0.717) is 11.7 Å². The lowest BCUT2D eigenvalue weighted by atomic mass is 10.00. The number of rotatable bonds is 2. The second-order valence-electron chi connectivity index (χ2n) is 4.36. The monoisotopic (exact) mass is 233 g/mol. The van der Waals surface area contributed by atoms with Crippen LogP contribution in [0.3, 0.4) is 0 Å². The molecule has 1 N–H and O–H groups in total. The summed E-state index contributed by atoms with van der Waals surface area (Å²) in [5.41, 5.74) is 0. The van der Waals surface area contributed by atoms with Crippen LogP contribution in [0, 0.1) is 0 Å². The number of aryl methyl sites for hydroxylation is 1. The summed E-state index contributed by atoms with van der Waals surface area (Å²) >= 11 is 0. The topological polar surface area (TPSA) is 68.8 Å². The third kappa shape index (κ3) is 1.95. The van der Waals surface area contributed by atoms with E-state index < -0.39 is 0 Å². The highest BCUT2D eigenvalue weighted by Crippen LogP contribution is 2.23.